The zero-order chi connectivity index (χ0) is 12.6. The van der Waals surface area contributed by atoms with Crippen molar-refractivity contribution in [1.29, 1.82) is 0 Å². The lowest BCUT2D eigenvalue weighted by Gasteiger charge is -2.34. The van der Waals surface area contributed by atoms with Gasteiger partial charge >= 0.3 is 0 Å². The molecule has 1 aliphatic heterocycles. The topological polar surface area (TPSA) is 36.4 Å². The van der Waals surface area contributed by atoms with Gasteiger partial charge in [0.05, 0.1) is 13.2 Å². The van der Waals surface area contributed by atoms with Gasteiger partial charge < -0.3 is 5.11 Å². The first kappa shape index (κ1) is 13.1. The van der Waals surface area contributed by atoms with E-state index in [9.17, 15) is 0 Å². The second-order valence-electron chi connectivity index (χ2n) is 4.60. The Morgan fingerprint density at radius 2 is 2.33 bits per heavy atom. The van der Waals surface area contributed by atoms with Crippen LogP contribution >= 0.6 is 0 Å². The summed E-state index contributed by atoms with van der Waals surface area (Å²) in [5.74, 6) is 6.15. The molecule has 0 amide bonds. The maximum atomic E-state index is 8.71. The summed E-state index contributed by atoms with van der Waals surface area (Å²) in [4.78, 5) is 6.63. The molecule has 0 aromatic carbocycles. The fraction of sp³-hybridized carbons (Fsp3) is 0.533. The minimum absolute atomic E-state index is 0.152. The van der Waals surface area contributed by atoms with E-state index in [1.54, 1.807) is 0 Å². The number of aliphatic hydroxyl groups is 1. The van der Waals surface area contributed by atoms with E-state index in [0.717, 1.165) is 13.1 Å². The van der Waals surface area contributed by atoms with Crippen molar-refractivity contribution in [1.82, 2.24) is 9.88 Å². The van der Waals surface area contributed by atoms with Crippen molar-refractivity contribution in [3.8, 4) is 11.8 Å². The van der Waals surface area contributed by atoms with Gasteiger partial charge in [-0.25, -0.2) is 0 Å². The predicted molar refractivity (Wildman–Crippen MR) is 71.9 cm³/mol. The van der Waals surface area contributed by atoms with Crippen LogP contribution in [0.3, 0.4) is 0 Å². The van der Waals surface area contributed by atoms with Gasteiger partial charge in [0.15, 0.2) is 0 Å². The van der Waals surface area contributed by atoms with E-state index in [1.165, 1.54) is 24.8 Å². The van der Waals surface area contributed by atoms with Crippen LogP contribution in [-0.2, 0) is 0 Å². The van der Waals surface area contributed by atoms with Gasteiger partial charge in [-0.05, 0) is 31.0 Å². The van der Waals surface area contributed by atoms with Gasteiger partial charge in [0.25, 0.3) is 0 Å². The van der Waals surface area contributed by atoms with Crippen LogP contribution in [0.15, 0.2) is 24.5 Å². The molecule has 1 saturated heterocycles. The van der Waals surface area contributed by atoms with Crippen LogP contribution in [0.2, 0.25) is 0 Å². The average molecular weight is 244 g/mol. The molecule has 1 aliphatic rings. The molecule has 0 bridgehead atoms. The first-order valence-electron chi connectivity index (χ1n) is 6.62. The van der Waals surface area contributed by atoms with Gasteiger partial charge in [-0.15, -0.1) is 0 Å². The lowest BCUT2D eigenvalue weighted by atomic mass is 9.96. The van der Waals surface area contributed by atoms with E-state index in [2.05, 4.69) is 27.8 Å². The lowest BCUT2D eigenvalue weighted by molar-refractivity contribution is 0.169. The highest BCUT2D eigenvalue weighted by atomic mass is 16.2. The van der Waals surface area contributed by atoms with Crippen molar-refractivity contribution >= 4 is 0 Å². The SMILES string of the molecule is OCCC#CCN1CCCC[C@@H]1c1cccnc1. The first-order chi connectivity index (χ1) is 8.92. The maximum Gasteiger partial charge on any atom is 0.0606 e. The van der Waals surface area contributed by atoms with E-state index in [-0.39, 0.29) is 6.61 Å². The number of aliphatic hydroxyl groups excluding tert-OH is 1. The molecule has 2 rings (SSSR count). The smallest absolute Gasteiger partial charge is 0.0606 e. The standard InChI is InChI=1S/C15H20N2O/c18-12-5-1-3-10-17-11-4-2-8-15(17)14-7-6-9-16-13-14/h6-7,9,13,15,18H,2,4-5,8,10-12H2/t15-/m1/s1. The zero-order valence-corrected chi connectivity index (χ0v) is 10.7. The van der Waals surface area contributed by atoms with Crippen LogP contribution in [-0.4, -0.2) is 34.7 Å². The van der Waals surface area contributed by atoms with Crippen molar-refractivity contribution in [3.63, 3.8) is 0 Å². The zero-order valence-electron chi connectivity index (χ0n) is 10.7. The molecule has 0 unspecified atom stereocenters. The van der Waals surface area contributed by atoms with Gasteiger partial charge in [0.2, 0.25) is 0 Å². The molecule has 3 nitrogen and oxygen atoms in total. The molecule has 0 saturated carbocycles. The average Bonchev–Trinajstić information content (AvgIpc) is 2.45. The van der Waals surface area contributed by atoms with Crippen LogP contribution in [0.25, 0.3) is 0 Å². The second kappa shape index (κ2) is 7.15. The van der Waals surface area contributed by atoms with Crippen molar-refractivity contribution in [2.45, 2.75) is 31.7 Å². The van der Waals surface area contributed by atoms with E-state index in [4.69, 9.17) is 5.11 Å². The number of likely N-dealkylation sites (tertiary alicyclic amines) is 1. The summed E-state index contributed by atoms with van der Waals surface area (Å²) in [6, 6.07) is 4.60. The molecule has 96 valence electrons. The summed E-state index contributed by atoms with van der Waals surface area (Å²) < 4.78 is 0. The molecule has 1 aromatic heterocycles. The van der Waals surface area contributed by atoms with Crippen molar-refractivity contribution in [2.24, 2.45) is 0 Å². The minimum atomic E-state index is 0.152. The largest absolute Gasteiger partial charge is 0.395 e. The molecule has 0 radical (unpaired) electrons. The molecular weight excluding hydrogens is 224 g/mol. The van der Waals surface area contributed by atoms with Gasteiger partial charge in [0.1, 0.15) is 0 Å². The Morgan fingerprint density at radius 3 is 3.11 bits per heavy atom. The monoisotopic (exact) mass is 244 g/mol. The number of piperidine rings is 1. The summed E-state index contributed by atoms with van der Waals surface area (Å²) in [7, 11) is 0. The molecule has 0 aliphatic carbocycles. The summed E-state index contributed by atoms with van der Waals surface area (Å²) in [6.07, 6.45) is 8.07. The van der Waals surface area contributed by atoms with Crippen molar-refractivity contribution in [2.75, 3.05) is 19.7 Å². The summed E-state index contributed by atoms with van der Waals surface area (Å²) in [6.45, 7) is 2.05. The number of nitrogens with zero attached hydrogens (tertiary/aromatic N) is 2. The normalized spacial score (nSPS) is 20.2. The third kappa shape index (κ3) is 3.56. The fourth-order valence-corrected chi connectivity index (χ4v) is 2.43. The minimum Gasteiger partial charge on any atom is -0.395 e. The van der Waals surface area contributed by atoms with Gasteiger partial charge in [-0.1, -0.05) is 24.3 Å². The Kier molecular flexibility index (Phi) is 5.19. The quantitative estimate of drug-likeness (QED) is 0.826. The Labute approximate surface area is 109 Å². The Morgan fingerprint density at radius 1 is 1.39 bits per heavy atom. The third-order valence-electron chi connectivity index (χ3n) is 3.33. The van der Waals surface area contributed by atoms with Crippen molar-refractivity contribution < 1.29 is 5.11 Å². The molecule has 1 atom stereocenters. The number of rotatable bonds is 3. The van der Waals surface area contributed by atoms with E-state index < -0.39 is 0 Å². The third-order valence-corrected chi connectivity index (χ3v) is 3.33. The molecule has 1 aromatic rings. The summed E-state index contributed by atoms with van der Waals surface area (Å²) in [5, 5.41) is 8.71. The molecule has 0 spiro atoms. The second-order valence-corrected chi connectivity index (χ2v) is 4.60. The number of hydrogen-bond donors (Lipinski definition) is 1. The molecule has 3 heteroatoms. The lowest BCUT2D eigenvalue weighted by Crippen LogP contribution is -2.33. The summed E-state index contributed by atoms with van der Waals surface area (Å²) >= 11 is 0. The summed E-state index contributed by atoms with van der Waals surface area (Å²) in [5.41, 5.74) is 1.29. The van der Waals surface area contributed by atoms with Crippen LogP contribution in [0.1, 0.15) is 37.3 Å². The maximum absolute atomic E-state index is 8.71. The Balaban J connectivity index is 2.01. The highest BCUT2D eigenvalue weighted by molar-refractivity contribution is 5.16. The highest BCUT2D eigenvalue weighted by Gasteiger charge is 2.22. The van der Waals surface area contributed by atoms with E-state index >= 15 is 0 Å². The molecule has 2 heterocycles. The van der Waals surface area contributed by atoms with Crippen LogP contribution < -0.4 is 0 Å². The van der Waals surface area contributed by atoms with E-state index in [1.807, 2.05) is 18.5 Å². The van der Waals surface area contributed by atoms with Gasteiger partial charge in [-0.2, -0.15) is 0 Å². The van der Waals surface area contributed by atoms with Gasteiger partial charge in [0, 0.05) is 24.9 Å². The van der Waals surface area contributed by atoms with Crippen molar-refractivity contribution in [3.05, 3.63) is 30.1 Å². The van der Waals surface area contributed by atoms with Crippen LogP contribution in [0.4, 0.5) is 0 Å². The Hall–Kier alpha value is -1.37. The molecular formula is C15H20N2O. The molecule has 1 fully saturated rings. The first-order valence-corrected chi connectivity index (χ1v) is 6.62. The molecule has 1 N–H and O–H groups in total. The number of aromatic nitrogens is 1. The Bertz CT molecular complexity index is 407. The highest BCUT2D eigenvalue weighted by Crippen LogP contribution is 2.29. The van der Waals surface area contributed by atoms with E-state index in [0.29, 0.717) is 12.5 Å². The van der Waals surface area contributed by atoms with Crippen LogP contribution in [0, 0.1) is 11.8 Å². The molecule has 18 heavy (non-hydrogen) atoms. The number of hydrogen-bond acceptors (Lipinski definition) is 3. The fourth-order valence-electron chi connectivity index (χ4n) is 2.43. The predicted octanol–water partition coefficient (Wildman–Crippen LogP) is 1.99. The van der Waals surface area contributed by atoms with Gasteiger partial charge in [-0.3, -0.25) is 9.88 Å². The number of pyridine rings is 1. The van der Waals surface area contributed by atoms with Crippen LogP contribution in [0.5, 0.6) is 0 Å².